The van der Waals surface area contributed by atoms with Crippen LogP contribution in [-0.4, -0.2) is 47.5 Å². The molecule has 0 aliphatic carbocycles. The van der Waals surface area contributed by atoms with E-state index in [9.17, 15) is 28.8 Å². The van der Waals surface area contributed by atoms with E-state index >= 15 is 0 Å². The maximum Gasteiger partial charge on any atom is 0.331 e. The van der Waals surface area contributed by atoms with Gasteiger partial charge in [0, 0.05) is 34.7 Å². The van der Waals surface area contributed by atoms with E-state index in [4.69, 9.17) is 9.47 Å². The number of benzene rings is 2. The van der Waals surface area contributed by atoms with Crippen molar-refractivity contribution in [2.24, 2.45) is 0 Å². The van der Waals surface area contributed by atoms with E-state index < -0.39 is 36.0 Å². The molecule has 188 valence electrons. The molecule has 0 heterocycles. The summed E-state index contributed by atoms with van der Waals surface area (Å²) in [5.41, 5.74) is 1.53. The molecule has 2 N–H and O–H groups in total. The van der Waals surface area contributed by atoms with Gasteiger partial charge in [0.25, 0.3) is 11.8 Å². The molecule has 0 spiro atoms. The molecule has 0 saturated heterocycles. The highest BCUT2D eigenvalue weighted by Crippen LogP contribution is 2.13. The minimum absolute atomic E-state index is 0.170. The first-order chi connectivity index (χ1) is 17.0. The first kappa shape index (κ1) is 27.6. The molecule has 0 bridgehead atoms. The number of carbonyl (C=O) groups is 6. The Bertz CT molecular complexity index is 1120. The zero-order valence-corrected chi connectivity index (χ0v) is 20.2. The molecule has 10 nitrogen and oxygen atoms in total. The molecule has 0 fully saturated rings. The Kier molecular flexibility index (Phi) is 9.79. The molecule has 2 rings (SSSR count). The van der Waals surface area contributed by atoms with Crippen molar-refractivity contribution in [1.29, 1.82) is 0 Å². The third-order valence-electron chi connectivity index (χ3n) is 4.75. The van der Waals surface area contributed by atoms with Crippen LogP contribution in [0.1, 0.15) is 48.4 Å². The summed E-state index contributed by atoms with van der Waals surface area (Å²) in [6.07, 6.45) is -0.864. The minimum Gasteiger partial charge on any atom is -0.449 e. The van der Waals surface area contributed by atoms with E-state index in [2.05, 4.69) is 10.6 Å². The number of rotatable bonds is 10. The average Bonchev–Trinajstić information content (AvgIpc) is 2.82. The number of carbonyl (C=O) groups excluding carboxylic acids is 6. The van der Waals surface area contributed by atoms with Crippen LogP contribution in [0.4, 0.5) is 11.4 Å². The van der Waals surface area contributed by atoms with E-state index in [1.807, 2.05) is 0 Å². The van der Waals surface area contributed by atoms with Gasteiger partial charge in [-0.1, -0.05) is 24.3 Å². The number of anilines is 2. The number of hydrogen-bond acceptors (Lipinski definition) is 8. The number of esters is 2. The summed E-state index contributed by atoms with van der Waals surface area (Å²) in [5.74, 6) is -3.58. The molecule has 10 heteroatoms. The van der Waals surface area contributed by atoms with Gasteiger partial charge in [-0.25, -0.2) is 9.59 Å². The quantitative estimate of drug-likeness (QED) is 0.291. The molecule has 0 aliphatic heterocycles. The third kappa shape index (κ3) is 8.64. The number of nitrogens with one attached hydrogen (secondary N) is 2. The maximum atomic E-state index is 12.2. The Balaban J connectivity index is 1.83. The third-order valence-corrected chi connectivity index (χ3v) is 4.75. The van der Waals surface area contributed by atoms with Crippen molar-refractivity contribution in [3.05, 3.63) is 71.8 Å². The molecule has 0 aromatic heterocycles. The van der Waals surface area contributed by atoms with Gasteiger partial charge < -0.3 is 20.1 Å². The van der Waals surface area contributed by atoms with Crippen molar-refractivity contribution in [3.63, 3.8) is 0 Å². The van der Waals surface area contributed by atoms with Crippen molar-refractivity contribution in [2.45, 2.75) is 39.9 Å². The van der Waals surface area contributed by atoms with E-state index in [0.29, 0.717) is 22.5 Å². The first-order valence-electron chi connectivity index (χ1n) is 10.9. The smallest absolute Gasteiger partial charge is 0.331 e. The van der Waals surface area contributed by atoms with Gasteiger partial charge >= 0.3 is 11.9 Å². The highest BCUT2D eigenvalue weighted by molar-refractivity contribution is 6.01. The van der Waals surface area contributed by atoms with Gasteiger partial charge in [0.1, 0.15) is 0 Å². The second kappa shape index (κ2) is 12.7. The zero-order chi connectivity index (χ0) is 26.8. The predicted molar refractivity (Wildman–Crippen MR) is 130 cm³/mol. The van der Waals surface area contributed by atoms with Crippen LogP contribution in [0.25, 0.3) is 0 Å². The zero-order valence-electron chi connectivity index (χ0n) is 20.2. The van der Waals surface area contributed by atoms with E-state index in [1.165, 1.54) is 39.8 Å². The summed E-state index contributed by atoms with van der Waals surface area (Å²) >= 11 is 0. The largest absolute Gasteiger partial charge is 0.449 e. The van der Waals surface area contributed by atoms with Crippen LogP contribution in [0.3, 0.4) is 0 Å². The highest BCUT2D eigenvalue weighted by atomic mass is 16.6. The van der Waals surface area contributed by atoms with Gasteiger partial charge in [0.05, 0.1) is 0 Å². The second-order valence-electron chi connectivity index (χ2n) is 7.74. The Morgan fingerprint density at radius 3 is 1.36 bits per heavy atom. The van der Waals surface area contributed by atoms with E-state index in [0.717, 1.165) is 12.2 Å². The molecule has 36 heavy (non-hydrogen) atoms. The maximum absolute atomic E-state index is 12.2. The fraction of sp³-hybridized carbons (Fsp3) is 0.231. The summed E-state index contributed by atoms with van der Waals surface area (Å²) in [6, 6.07) is 12.5. The standard InChI is InChI=1S/C26H26N2O8/c1-15(29)19-7-5-9-21(13-19)27-25(33)17(3)35-23(31)11-12-24(32)36-18(4)26(34)28-22-10-6-8-20(14-22)16(2)30/h5-14,17-18H,1-4H3,(H,27,33)(H,28,34)/b12-11+. The van der Waals surface area contributed by atoms with Crippen molar-refractivity contribution in [3.8, 4) is 0 Å². The summed E-state index contributed by atoms with van der Waals surface area (Å²) < 4.78 is 9.91. The Labute approximate surface area is 207 Å². The summed E-state index contributed by atoms with van der Waals surface area (Å²) in [4.78, 5) is 71.3. The van der Waals surface area contributed by atoms with Gasteiger partial charge in [-0.05, 0) is 52.0 Å². The van der Waals surface area contributed by atoms with Crippen LogP contribution >= 0.6 is 0 Å². The molecule has 0 radical (unpaired) electrons. The molecular formula is C26H26N2O8. The fourth-order valence-electron chi connectivity index (χ4n) is 2.79. The molecule has 2 aromatic rings. The van der Waals surface area contributed by atoms with E-state index in [1.54, 1.807) is 36.4 Å². The van der Waals surface area contributed by atoms with Crippen LogP contribution in [0.2, 0.25) is 0 Å². The molecule has 0 aliphatic rings. The molecule has 2 unspecified atom stereocenters. The van der Waals surface area contributed by atoms with Gasteiger partial charge in [-0.2, -0.15) is 0 Å². The fourth-order valence-corrected chi connectivity index (χ4v) is 2.79. The van der Waals surface area contributed by atoms with Gasteiger partial charge in [-0.15, -0.1) is 0 Å². The average molecular weight is 495 g/mol. The molecule has 2 amide bonds. The molecule has 2 atom stereocenters. The van der Waals surface area contributed by atoms with Crippen molar-refractivity contribution in [1.82, 2.24) is 0 Å². The number of hydrogen-bond donors (Lipinski definition) is 2. The topological polar surface area (TPSA) is 145 Å². The van der Waals surface area contributed by atoms with Crippen LogP contribution < -0.4 is 10.6 Å². The lowest BCUT2D eigenvalue weighted by atomic mass is 10.1. The van der Waals surface area contributed by atoms with Crippen LogP contribution in [0, 0.1) is 0 Å². The number of Topliss-reactive ketones (excluding diaryl/α,β-unsaturated/α-hetero) is 2. The number of ether oxygens (including phenoxy) is 2. The van der Waals surface area contributed by atoms with Gasteiger partial charge in [0.2, 0.25) is 0 Å². The van der Waals surface area contributed by atoms with Crippen molar-refractivity contribution in [2.75, 3.05) is 10.6 Å². The number of amides is 2. The minimum atomic E-state index is -1.20. The van der Waals surface area contributed by atoms with Gasteiger partial charge in [0.15, 0.2) is 23.8 Å². The predicted octanol–water partition coefficient (Wildman–Crippen LogP) is 3.09. The van der Waals surface area contributed by atoms with E-state index in [-0.39, 0.29) is 11.6 Å². The van der Waals surface area contributed by atoms with Crippen LogP contribution in [0.5, 0.6) is 0 Å². The van der Waals surface area contributed by atoms with Crippen molar-refractivity contribution >= 4 is 46.7 Å². The normalized spacial score (nSPS) is 12.2. The number of ketones is 2. The Hall–Kier alpha value is -4.60. The summed E-state index contributed by atoms with van der Waals surface area (Å²) in [6.45, 7) is 5.46. The lowest BCUT2D eigenvalue weighted by molar-refractivity contribution is -0.149. The molecule has 0 saturated carbocycles. The second-order valence-corrected chi connectivity index (χ2v) is 7.74. The van der Waals surface area contributed by atoms with Crippen LogP contribution in [0.15, 0.2) is 60.7 Å². The lowest BCUT2D eigenvalue weighted by Gasteiger charge is -2.13. The Morgan fingerprint density at radius 2 is 1.03 bits per heavy atom. The monoisotopic (exact) mass is 494 g/mol. The Morgan fingerprint density at radius 1 is 0.667 bits per heavy atom. The SMILES string of the molecule is CC(=O)c1cccc(NC(=O)C(C)OC(=O)/C=C/C(=O)OC(C)C(=O)Nc2cccc(C(C)=O)c2)c1. The van der Waals surface area contributed by atoms with Crippen molar-refractivity contribution < 1.29 is 38.2 Å². The van der Waals surface area contributed by atoms with Crippen LogP contribution in [-0.2, 0) is 28.7 Å². The highest BCUT2D eigenvalue weighted by Gasteiger charge is 2.19. The summed E-state index contributed by atoms with van der Waals surface area (Å²) in [7, 11) is 0. The summed E-state index contributed by atoms with van der Waals surface area (Å²) in [5, 5.41) is 5.06. The van der Waals surface area contributed by atoms with Gasteiger partial charge in [-0.3, -0.25) is 19.2 Å². The first-order valence-corrected chi connectivity index (χ1v) is 10.9. The lowest BCUT2D eigenvalue weighted by Crippen LogP contribution is -2.30. The molecule has 2 aromatic carbocycles. The molecular weight excluding hydrogens is 468 g/mol.